The molecule has 0 atom stereocenters. The van der Waals surface area contributed by atoms with Crippen LogP contribution in [0.4, 0.5) is 5.00 Å². The smallest absolute Gasteiger partial charge is 0.341 e. The summed E-state index contributed by atoms with van der Waals surface area (Å²) in [6.07, 6.45) is 11.4. The number of carbonyl (C=O) groups is 1. The van der Waals surface area contributed by atoms with Crippen LogP contribution < -0.4 is 10.6 Å². The number of ether oxygens (including phenoxy) is 1. The SMILES string of the molecule is CCOC(=O)c1c(NC(=S)NCCCn2cccn2)sc2c1CCCCCC2. The summed E-state index contributed by atoms with van der Waals surface area (Å²) in [5.74, 6) is -0.246. The van der Waals surface area contributed by atoms with Gasteiger partial charge in [0.2, 0.25) is 0 Å². The molecule has 2 aromatic heterocycles. The van der Waals surface area contributed by atoms with Gasteiger partial charge in [0.05, 0.1) is 12.2 Å². The van der Waals surface area contributed by atoms with Gasteiger partial charge in [-0.2, -0.15) is 5.10 Å². The Hall–Kier alpha value is -1.93. The van der Waals surface area contributed by atoms with E-state index in [0.717, 1.165) is 49.3 Å². The third kappa shape index (κ3) is 5.54. The third-order valence-corrected chi connectivity index (χ3v) is 6.24. The second kappa shape index (κ2) is 10.6. The van der Waals surface area contributed by atoms with Gasteiger partial charge in [0, 0.05) is 30.4 Å². The molecule has 0 aromatic carbocycles. The van der Waals surface area contributed by atoms with E-state index in [1.54, 1.807) is 17.5 Å². The number of nitrogens with one attached hydrogen (secondary N) is 2. The third-order valence-electron chi connectivity index (χ3n) is 4.79. The number of hydrogen-bond acceptors (Lipinski definition) is 5. The van der Waals surface area contributed by atoms with E-state index < -0.39 is 0 Å². The van der Waals surface area contributed by atoms with Gasteiger partial charge < -0.3 is 15.4 Å². The van der Waals surface area contributed by atoms with Crippen molar-refractivity contribution in [2.24, 2.45) is 0 Å². The number of aromatic nitrogens is 2. The van der Waals surface area contributed by atoms with E-state index in [4.69, 9.17) is 17.0 Å². The lowest BCUT2D eigenvalue weighted by atomic mass is 9.96. The Morgan fingerprint density at radius 1 is 1.32 bits per heavy atom. The summed E-state index contributed by atoms with van der Waals surface area (Å²) >= 11 is 7.12. The molecule has 2 N–H and O–H groups in total. The van der Waals surface area contributed by atoms with Crippen LogP contribution in [-0.2, 0) is 24.1 Å². The maximum atomic E-state index is 12.6. The minimum absolute atomic E-state index is 0.246. The van der Waals surface area contributed by atoms with Crippen molar-refractivity contribution in [2.45, 2.75) is 58.4 Å². The number of rotatable bonds is 7. The fourth-order valence-corrected chi connectivity index (χ4v) is 5.00. The molecule has 1 aliphatic rings. The first-order chi connectivity index (χ1) is 13.7. The number of fused-ring (bicyclic) bond motifs is 1. The molecule has 2 aromatic rings. The molecule has 0 unspecified atom stereocenters. The molecule has 3 rings (SSSR count). The summed E-state index contributed by atoms with van der Waals surface area (Å²) in [5, 5.41) is 12.0. The van der Waals surface area contributed by atoms with Crippen molar-refractivity contribution in [1.82, 2.24) is 15.1 Å². The van der Waals surface area contributed by atoms with E-state index >= 15 is 0 Å². The number of carbonyl (C=O) groups excluding carboxylic acids is 1. The average Bonchev–Trinajstić information content (AvgIpc) is 3.27. The summed E-state index contributed by atoms with van der Waals surface area (Å²) in [5.41, 5.74) is 1.84. The Balaban J connectivity index is 1.64. The predicted molar refractivity (Wildman–Crippen MR) is 117 cm³/mol. The summed E-state index contributed by atoms with van der Waals surface area (Å²) in [6, 6.07) is 1.92. The van der Waals surface area contributed by atoms with Gasteiger partial charge in [-0.1, -0.05) is 12.8 Å². The van der Waals surface area contributed by atoms with E-state index in [9.17, 15) is 4.79 Å². The Kier molecular flexibility index (Phi) is 7.85. The maximum absolute atomic E-state index is 12.6. The van der Waals surface area contributed by atoms with Crippen LogP contribution in [0.3, 0.4) is 0 Å². The second-order valence-electron chi connectivity index (χ2n) is 6.85. The molecule has 0 spiro atoms. The number of esters is 1. The van der Waals surface area contributed by atoms with Crippen LogP contribution in [0.2, 0.25) is 0 Å². The minimum atomic E-state index is -0.246. The van der Waals surface area contributed by atoms with Gasteiger partial charge >= 0.3 is 5.97 Å². The fraction of sp³-hybridized carbons (Fsp3) is 0.550. The average molecular weight is 421 g/mol. The molecule has 0 amide bonds. The number of anilines is 1. The molecule has 6 nitrogen and oxygen atoms in total. The minimum Gasteiger partial charge on any atom is -0.462 e. The maximum Gasteiger partial charge on any atom is 0.341 e. The van der Waals surface area contributed by atoms with Gasteiger partial charge in [-0.25, -0.2) is 4.79 Å². The van der Waals surface area contributed by atoms with Crippen molar-refractivity contribution in [3.05, 3.63) is 34.5 Å². The lowest BCUT2D eigenvalue weighted by molar-refractivity contribution is 0.0526. The summed E-state index contributed by atoms with van der Waals surface area (Å²) in [4.78, 5) is 13.9. The second-order valence-corrected chi connectivity index (χ2v) is 8.36. The quantitative estimate of drug-likeness (QED) is 0.398. The highest BCUT2D eigenvalue weighted by atomic mass is 32.1. The zero-order chi connectivity index (χ0) is 19.8. The monoisotopic (exact) mass is 420 g/mol. The zero-order valence-corrected chi connectivity index (χ0v) is 18.0. The van der Waals surface area contributed by atoms with Crippen LogP contribution in [0.1, 0.15) is 59.8 Å². The van der Waals surface area contributed by atoms with Crippen LogP contribution in [0.25, 0.3) is 0 Å². The first kappa shape index (κ1) is 20.8. The molecule has 0 radical (unpaired) electrons. The van der Waals surface area contributed by atoms with E-state index in [2.05, 4.69) is 15.7 Å². The highest BCUT2D eigenvalue weighted by Crippen LogP contribution is 2.37. The molecule has 1 aliphatic carbocycles. The number of hydrogen-bond donors (Lipinski definition) is 2. The molecule has 0 aliphatic heterocycles. The van der Waals surface area contributed by atoms with Gasteiger partial charge in [-0.05, 0) is 62.9 Å². The van der Waals surface area contributed by atoms with Crippen LogP contribution in [0.5, 0.6) is 0 Å². The van der Waals surface area contributed by atoms with Crippen LogP contribution >= 0.6 is 23.6 Å². The molecule has 8 heteroatoms. The topological polar surface area (TPSA) is 68.2 Å². The summed E-state index contributed by atoms with van der Waals surface area (Å²) < 4.78 is 7.24. The van der Waals surface area contributed by atoms with Gasteiger partial charge in [-0.3, -0.25) is 4.68 Å². The number of thiophene rings is 1. The Morgan fingerprint density at radius 2 is 2.14 bits per heavy atom. The molecular formula is C20H28N4O2S2. The molecule has 0 fully saturated rings. The van der Waals surface area contributed by atoms with Crippen molar-refractivity contribution in [3.63, 3.8) is 0 Å². The molecule has 2 heterocycles. The highest BCUT2D eigenvalue weighted by molar-refractivity contribution is 7.80. The highest BCUT2D eigenvalue weighted by Gasteiger charge is 2.25. The van der Waals surface area contributed by atoms with Gasteiger partial charge in [0.1, 0.15) is 5.00 Å². The summed E-state index contributed by atoms with van der Waals surface area (Å²) in [6.45, 7) is 3.79. The van der Waals surface area contributed by atoms with Crippen molar-refractivity contribution in [2.75, 3.05) is 18.5 Å². The molecule has 152 valence electrons. The van der Waals surface area contributed by atoms with Crippen molar-refractivity contribution in [3.8, 4) is 0 Å². The molecule has 0 saturated heterocycles. The normalized spacial score (nSPS) is 13.9. The van der Waals surface area contributed by atoms with Gasteiger partial charge in [0.15, 0.2) is 5.11 Å². The van der Waals surface area contributed by atoms with Crippen molar-refractivity contribution >= 4 is 39.6 Å². The van der Waals surface area contributed by atoms with Crippen LogP contribution in [0.15, 0.2) is 18.5 Å². The Labute approximate surface area is 175 Å². The predicted octanol–water partition coefficient (Wildman–Crippen LogP) is 4.16. The molecule has 28 heavy (non-hydrogen) atoms. The first-order valence-electron chi connectivity index (χ1n) is 10.0. The lowest BCUT2D eigenvalue weighted by Crippen LogP contribution is -2.30. The summed E-state index contributed by atoms with van der Waals surface area (Å²) in [7, 11) is 0. The van der Waals surface area contributed by atoms with Crippen LogP contribution in [0, 0.1) is 0 Å². The van der Waals surface area contributed by atoms with E-state index in [1.807, 2.05) is 23.9 Å². The first-order valence-corrected chi connectivity index (χ1v) is 11.3. The van der Waals surface area contributed by atoms with E-state index in [0.29, 0.717) is 17.3 Å². The Bertz CT molecular complexity index is 786. The van der Waals surface area contributed by atoms with E-state index in [1.165, 1.54) is 24.1 Å². The van der Waals surface area contributed by atoms with Gasteiger partial charge in [0.25, 0.3) is 0 Å². The number of thiocarbonyl (C=S) groups is 1. The number of aryl methyl sites for hydroxylation is 2. The van der Waals surface area contributed by atoms with E-state index in [-0.39, 0.29) is 5.97 Å². The Morgan fingerprint density at radius 3 is 2.89 bits per heavy atom. The standard InChI is InChI=1S/C20H28N4O2S2/c1-2-26-19(25)17-15-9-5-3-4-6-10-16(15)28-18(17)23-20(27)21-11-7-13-24-14-8-12-22-24/h8,12,14H,2-7,9-11,13H2,1H3,(H2,21,23,27). The van der Waals surface area contributed by atoms with Crippen molar-refractivity contribution in [1.29, 1.82) is 0 Å². The van der Waals surface area contributed by atoms with Crippen LogP contribution in [-0.4, -0.2) is 34.0 Å². The largest absolute Gasteiger partial charge is 0.462 e. The molecular weight excluding hydrogens is 392 g/mol. The molecule has 0 saturated carbocycles. The zero-order valence-electron chi connectivity index (χ0n) is 16.3. The fourth-order valence-electron chi connectivity index (χ4n) is 3.45. The van der Waals surface area contributed by atoms with Crippen molar-refractivity contribution < 1.29 is 9.53 Å². The number of nitrogens with zero attached hydrogens (tertiary/aromatic N) is 2. The molecule has 0 bridgehead atoms. The van der Waals surface area contributed by atoms with Gasteiger partial charge in [-0.15, -0.1) is 11.3 Å². The lowest BCUT2D eigenvalue weighted by Gasteiger charge is -2.12.